The first-order valence-electron chi connectivity index (χ1n) is 5.64. The molecule has 0 fully saturated rings. The SMILES string of the molecule is CCOP(=O)(OCC)[C@@H](N)c1cc(Cl)cc(Cl)c1Cl. The van der Waals surface area contributed by atoms with Crippen molar-refractivity contribution in [1.82, 2.24) is 0 Å². The summed E-state index contributed by atoms with van der Waals surface area (Å²) in [6, 6.07) is 2.99. The van der Waals surface area contributed by atoms with Crippen LogP contribution in [-0.4, -0.2) is 13.2 Å². The third kappa shape index (κ3) is 4.08. The van der Waals surface area contributed by atoms with Gasteiger partial charge in [0.25, 0.3) is 0 Å². The Kier molecular flexibility index (Phi) is 6.61. The highest BCUT2D eigenvalue weighted by Crippen LogP contribution is 2.59. The first-order chi connectivity index (χ1) is 8.85. The van der Waals surface area contributed by atoms with Crippen LogP contribution in [0.4, 0.5) is 0 Å². The van der Waals surface area contributed by atoms with Crippen LogP contribution < -0.4 is 5.73 Å². The molecule has 0 aliphatic rings. The molecule has 0 unspecified atom stereocenters. The predicted octanol–water partition coefficient (Wildman–Crippen LogP) is 4.87. The molecule has 0 aliphatic carbocycles. The molecule has 0 amide bonds. The molecule has 1 aromatic carbocycles. The summed E-state index contributed by atoms with van der Waals surface area (Å²) in [7, 11) is -3.52. The van der Waals surface area contributed by atoms with Gasteiger partial charge in [0.2, 0.25) is 0 Å². The smallest absolute Gasteiger partial charge is 0.314 e. The van der Waals surface area contributed by atoms with Crippen molar-refractivity contribution in [3.63, 3.8) is 0 Å². The molecule has 0 radical (unpaired) electrons. The van der Waals surface area contributed by atoms with E-state index in [4.69, 9.17) is 49.6 Å². The van der Waals surface area contributed by atoms with Crippen molar-refractivity contribution in [2.45, 2.75) is 19.6 Å². The molecule has 1 aromatic rings. The van der Waals surface area contributed by atoms with E-state index >= 15 is 0 Å². The largest absolute Gasteiger partial charge is 0.351 e. The summed E-state index contributed by atoms with van der Waals surface area (Å²) in [5.41, 5.74) is 6.31. The lowest BCUT2D eigenvalue weighted by atomic mass is 10.2. The van der Waals surface area contributed by atoms with Crippen LogP contribution in [0.3, 0.4) is 0 Å². The molecule has 1 rings (SSSR count). The van der Waals surface area contributed by atoms with Gasteiger partial charge < -0.3 is 14.8 Å². The normalized spacial score (nSPS) is 13.6. The van der Waals surface area contributed by atoms with E-state index < -0.39 is 13.4 Å². The molecule has 0 aliphatic heterocycles. The van der Waals surface area contributed by atoms with Crippen LogP contribution in [0.25, 0.3) is 0 Å². The van der Waals surface area contributed by atoms with Crippen molar-refractivity contribution < 1.29 is 13.6 Å². The Bertz CT molecular complexity index is 488. The van der Waals surface area contributed by atoms with Crippen molar-refractivity contribution in [3.05, 3.63) is 32.8 Å². The summed E-state index contributed by atoms with van der Waals surface area (Å²) in [6.07, 6.45) is 0. The molecule has 0 heterocycles. The second-order valence-corrected chi connectivity index (χ2v) is 6.99. The first-order valence-corrected chi connectivity index (χ1v) is 8.39. The second-order valence-electron chi connectivity index (χ2n) is 3.61. The zero-order valence-electron chi connectivity index (χ0n) is 10.5. The molecule has 108 valence electrons. The summed E-state index contributed by atoms with van der Waals surface area (Å²) in [6.45, 7) is 3.81. The van der Waals surface area contributed by atoms with Crippen molar-refractivity contribution >= 4 is 42.4 Å². The maximum absolute atomic E-state index is 12.6. The quantitative estimate of drug-likeness (QED) is 0.589. The molecule has 19 heavy (non-hydrogen) atoms. The highest BCUT2D eigenvalue weighted by molar-refractivity contribution is 7.54. The fraction of sp³-hybridized carbons (Fsp3) is 0.455. The van der Waals surface area contributed by atoms with Gasteiger partial charge in [0, 0.05) is 10.6 Å². The van der Waals surface area contributed by atoms with Crippen molar-refractivity contribution in [1.29, 1.82) is 0 Å². The molecule has 0 saturated carbocycles. The highest BCUT2D eigenvalue weighted by Gasteiger charge is 2.35. The summed E-state index contributed by atoms with van der Waals surface area (Å²) in [5.74, 6) is -1.05. The Morgan fingerprint density at radius 3 is 2.21 bits per heavy atom. The van der Waals surface area contributed by atoms with Gasteiger partial charge in [-0.05, 0) is 26.0 Å². The number of halogens is 3. The zero-order valence-corrected chi connectivity index (χ0v) is 13.7. The molecular weight excluding hydrogens is 331 g/mol. The Balaban J connectivity index is 3.24. The minimum Gasteiger partial charge on any atom is -0.314 e. The number of benzene rings is 1. The van der Waals surface area contributed by atoms with Crippen LogP contribution in [-0.2, 0) is 13.6 Å². The third-order valence-corrected chi connectivity index (χ3v) is 5.53. The van der Waals surface area contributed by atoms with Crippen LogP contribution in [0.1, 0.15) is 25.2 Å². The van der Waals surface area contributed by atoms with Gasteiger partial charge in [-0.15, -0.1) is 0 Å². The third-order valence-electron chi connectivity index (χ3n) is 2.30. The monoisotopic (exact) mass is 345 g/mol. The highest BCUT2D eigenvalue weighted by atomic mass is 35.5. The minimum absolute atomic E-state index is 0.193. The van der Waals surface area contributed by atoms with Crippen LogP contribution in [0.2, 0.25) is 15.1 Å². The average molecular weight is 347 g/mol. The van der Waals surface area contributed by atoms with Crippen molar-refractivity contribution in [3.8, 4) is 0 Å². The lowest BCUT2D eigenvalue weighted by Gasteiger charge is -2.24. The Labute approximate surface area is 127 Å². The van der Waals surface area contributed by atoms with E-state index in [9.17, 15) is 4.57 Å². The summed E-state index contributed by atoms with van der Waals surface area (Å²) < 4.78 is 22.9. The van der Waals surface area contributed by atoms with Gasteiger partial charge in [-0.2, -0.15) is 0 Å². The van der Waals surface area contributed by atoms with Crippen molar-refractivity contribution in [2.24, 2.45) is 5.73 Å². The number of hydrogen-bond donors (Lipinski definition) is 1. The standard InChI is InChI=1S/C11H15Cl3NO3P/c1-3-17-19(16,18-4-2)11(15)8-5-7(12)6-9(13)10(8)14/h5-6,11H,3-4,15H2,1-2H3/t11-/m1/s1. The predicted molar refractivity (Wildman–Crippen MR) is 79.3 cm³/mol. The van der Waals surface area contributed by atoms with Crippen LogP contribution in [0.15, 0.2) is 12.1 Å². The number of hydrogen-bond acceptors (Lipinski definition) is 4. The van der Waals surface area contributed by atoms with Gasteiger partial charge in [0.15, 0.2) is 0 Å². The second kappa shape index (κ2) is 7.28. The van der Waals surface area contributed by atoms with Crippen LogP contribution >= 0.6 is 42.4 Å². The van der Waals surface area contributed by atoms with Gasteiger partial charge in [-0.1, -0.05) is 34.8 Å². The van der Waals surface area contributed by atoms with Gasteiger partial charge in [0.05, 0.1) is 23.3 Å². The number of nitrogens with two attached hydrogens (primary N) is 1. The lowest BCUT2D eigenvalue weighted by Crippen LogP contribution is -2.15. The molecule has 0 aromatic heterocycles. The van der Waals surface area contributed by atoms with E-state index in [-0.39, 0.29) is 23.3 Å². The molecule has 0 bridgehead atoms. The average Bonchev–Trinajstić information content (AvgIpc) is 2.33. The van der Waals surface area contributed by atoms with Crippen LogP contribution in [0, 0.1) is 0 Å². The topological polar surface area (TPSA) is 61.5 Å². The maximum Gasteiger partial charge on any atom is 0.351 e. The molecular formula is C11H15Cl3NO3P. The molecule has 4 nitrogen and oxygen atoms in total. The van der Waals surface area contributed by atoms with E-state index in [1.165, 1.54) is 12.1 Å². The van der Waals surface area contributed by atoms with Gasteiger partial charge in [0.1, 0.15) is 5.78 Å². The van der Waals surface area contributed by atoms with Gasteiger partial charge >= 0.3 is 7.60 Å². The molecule has 0 saturated heterocycles. The van der Waals surface area contributed by atoms with Gasteiger partial charge in [-0.3, -0.25) is 4.57 Å². The van der Waals surface area contributed by atoms with E-state index in [0.717, 1.165) is 0 Å². The Morgan fingerprint density at radius 2 is 1.74 bits per heavy atom. The maximum atomic E-state index is 12.6. The fourth-order valence-corrected chi connectivity index (χ4v) is 3.99. The minimum atomic E-state index is -3.52. The van der Waals surface area contributed by atoms with Crippen molar-refractivity contribution in [2.75, 3.05) is 13.2 Å². The molecule has 2 N–H and O–H groups in total. The van der Waals surface area contributed by atoms with E-state index in [1.807, 2.05) is 0 Å². The summed E-state index contributed by atoms with van der Waals surface area (Å²) in [4.78, 5) is 0. The van der Waals surface area contributed by atoms with Gasteiger partial charge in [-0.25, -0.2) is 0 Å². The van der Waals surface area contributed by atoms with E-state index in [2.05, 4.69) is 0 Å². The Hall–Kier alpha value is 0.200. The zero-order chi connectivity index (χ0) is 14.6. The molecule has 8 heteroatoms. The fourth-order valence-electron chi connectivity index (χ4n) is 1.52. The van der Waals surface area contributed by atoms with E-state index in [0.29, 0.717) is 10.6 Å². The molecule has 1 atom stereocenters. The summed E-state index contributed by atoms with van der Waals surface area (Å²) in [5, 5.41) is 0.775. The summed E-state index contributed by atoms with van der Waals surface area (Å²) >= 11 is 17.9. The first kappa shape index (κ1) is 17.3. The van der Waals surface area contributed by atoms with Crippen LogP contribution in [0.5, 0.6) is 0 Å². The van der Waals surface area contributed by atoms with E-state index in [1.54, 1.807) is 13.8 Å². The molecule has 0 spiro atoms. The number of rotatable bonds is 6. The Morgan fingerprint density at radius 1 is 1.21 bits per heavy atom. The lowest BCUT2D eigenvalue weighted by molar-refractivity contribution is 0.212.